The predicted molar refractivity (Wildman–Crippen MR) is 49.6 cm³/mol. The van der Waals surface area contributed by atoms with Gasteiger partial charge in [0.1, 0.15) is 6.29 Å². The molecule has 0 aliphatic rings. The van der Waals surface area contributed by atoms with Crippen LogP contribution in [0.25, 0.3) is 0 Å². The highest BCUT2D eigenvalue weighted by atomic mass is 19.2. The van der Waals surface area contributed by atoms with Crippen molar-refractivity contribution < 1.29 is 23.5 Å². The maximum absolute atomic E-state index is 12.2. The van der Waals surface area contributed by atoms with Gasteiger partial charge in [-0.15, -0.1) is 0 Å². The Labute approximate surface area is 84.7 Å². The molecule has 3 nitrogen and oxygen atoms in total. The third kappa shape index (κ3) is 5.30. The molecule has 1 rings (SSSR count). The molecule has 0 saturated carbocycles. The van der Waals surface area contributed by atoms with E-state index in [0.717, 1.165) is 18.2 Å². The summed E-state index contributed by atoms with van der Waals surface area (Å²) < 4.78 is 24.4. The summed E-state index contributed by atoms with van der Waals surface area (Å²) in [5, 5.41) is 7.60. The summed E-state index contributed by atoms with van der Waals surface area (Å²) >= 11 is 0. The van der Waals surface area contributed by atoms with E-state index in [4.69, 9.17) is 5.11 Å². The lowest BCUT2D eigenvalue weighted by molar-refractivity contribution is -0.131. The number of carboxylic acid groups (broad SMARTS) is 1. The first-order chi connectivity index (χ1) is 7.01. The van der Waals surface area contributed by atoms with Crippen molar-refractivity contribution in [3.8, 4) is 0 Å². The number of benzene rings is 1. The average molecular weight is 214 g/mol. The normalized spacial score (nSPS) is 8.40. The van der Waals surface area contributed by atoms with Gasteiger partial charge in [-0.25, -0.2) is 13.6 Å². The molecule has 0 bridgehead atoms. The minimum absolute atomic E-state index is 0.138. The number of carbonyl (C=O) groups excluding carboxylic acids is 1. The molecule has 1 aromatic rings. The second-order valence-electron chi connectivity index (χ2n) is 2.33. The number of hydrogen-bond donors (Lipinski definition) is 1. The molecule has 0 aliphatic carbocycles. The maximum Gasteiger partial charge on any atom is 0.327 e. The van der Waals surface area contributed by atoms with Crippen LogP contribution in [0.15, 0.2) is 30.9 Å². The average Bonchev–Trinajstić information content (AvgIpc) is 2.23. The van der Waals surface area contributed by atoms with E-state index >= 15 is 0 Å². The molecule has 15 heavy (non-hydrogen) atoms. The summed E-state index contributed by atoms with van der Waals surface area (Å²) in [4.78, 5) is 19.2. The molecule has 1 N–H and O–H groups in total. The quantitative estimate of drug-likeness (QED) is 0.605. The van der Waals surface area contributed by atoms with E-state index in [-0.39, 0.29) is 5.56 Å². The summed E-state index contributed by atoms with van der Waals surface area (Å²) in [6, 6.07) is 2.98. The van der Waals surface area contributed by atoms with Crippen molar-refractivity contribution in [2.45, 2.75) is 0 Å². The summed E-state index contributed by atoms with van der Waals surface area (Å²) in [6.07, 6.45) is 1.29. The molecule has 0 spiro atoms. The smallest absolute Gasteiger partial charge is 0.327 e. The van der Waals surface area contributed by atoms with E-state index in [1.165, 1.54) is 6.07 Å². The highest BCUT2D eigenvalue weighted by molar-refractivity contribution is 5.78. The first-order valence-electron chi connectivity index (χ1n) is 3.77. The topological polar surface area (TPSA) is 54.4 Å². The number of carbonyl (C=O) groups is 2. The molecule has 0 atom stereocenters. The monoisotopic (exact) mass is 214 g/mol. The number of halogens is 2. The summed E-state index contributed by atoms with van der Waals surface area (Å²) in [6.45, 7) is 2.96. The molecule has 0 heterocycles. The van der Waals surface area contributed by atoms with Crippen molar-refractivity contribution >= 4 is 12.3 Å². The van der Waals surface area contributed by atoms with Gasteiger partial charge in [-0.2, -0.15) is 0 Å². The zero-order valence-corrected chi connectivity index (χ0v) is 7.61. The van der Waals surface area contributed by atoms with E-state index in [2.05, 4.69) is 6.58 Å². The van der Waals surface area contributed by atoms with Gasteiger partial charge in [0, 0.05) is 11.6 Å². The zero-order valence-electron chi connectivity index (χ0n) is 7.61. The largest absolute Gasteiger partial charge is 0.478 e. The van der Waals surface area contributed by atoms with Gasteiger partial charge in [0.05, 0.1) is 0 Å². The Bertz CT molecular complexity index is 375. The first-order valence-corrected chi connectivity index (χ1v) is 3.77. The third-order valence-corrected chi connectivity index (χ3v) is 1.25. The second kappa shape index (κ2) is 6.42. The molecular weight excluding hydrogens is 206 g/mol. The fraction of sp³-hybridized carbons (Fsp3) is 0. The minimum atomic E-state index is -0.996. The Morgan fingerprint density at radius 2 is 1.87 bits per heavy atom. The van der Waals surface area contributed by atoms with Crippen LogP contribution in [0.5, 0.6) is 0 Å². The number of rotatable bonds is 2. The Hall–Kier alpha value is -2.04. The molecule has 1 aromatic carbocycles. The van der Waals surface area contributed by atoms with E-state index < -0.39 is 17.6 Å². The summed E-state index contributed by atoms with van der Waals surface area (Å²) in [7, 11) is 0. The maximum atomic E-state index is 12.2. The van der Waals surface area contributed by atoms with Gasteiger partial charge in [0.25, 0.3) is 0 Å². The van der Waals surface area contributed by atoms with Crippen molar-refractivity contribution in [3.05, 3.63) is 48.1 Å². The van der Waals surface area contributed by atoms with Gasteiger partial charge in [0.2, 0.25) is 0 Å². The van der Waals surface area contributed by atoms with Crippen LogP contribution in [0.1, 0.15) is 10.4 Å². The highest BCUT2D eigenvalue weighted by Crippen LogP contribution is 2.06. The van der Waals surface area contributed by atoms with Crippen LogP contribution < -0.4 is 0 Å². The van der Waals surface area contributed by atoms with Gasteiger partial charge >= 0.3 is 5.97 Å². The van der Waals surface area contributed by atoms with Crippen LogP contribution >= 0.6 is 0 Å². The molecule has 5 heteroatoms. The summed E-state index contributed by atoms with van der Waals surface area (Å²) in [5.41, 5.74) is 0.138. The lowest BCUT2D eigenvalue weighted by Gasteiger charge is -1.91. The van der Waals surface area contributed by atoms with Crippen molar-refractivity contribution in [2.75, 3.05) is 0 Å². The van der Waals surface area contributed by atoms with Gasteiger partial charge < -0.3 is 5.11 Å². The summed E-state index contributed by atoms with van der Waals surface area (Å²) in [5.74, 6) is -2.92. The van der Waals surface area contributed by atoms with Gasteiger partial charge in [-0.3, -0.25) is 4.79 Å². The molecule has 0 aromatic heterocycles. The Morgan fingerprint density at radius 3 is 2.20 bits per heavy atom. The van der Waals surface area contributed by atoms with Crippen molar-refractivity contribution in [1.82, 2.24) is 0 Å². The third-order valence-electron chi connectivity index (χ3n) is 1.25. The predicted octanol–water partition coefficient (Wildman–Crippen LogP) is 2.03. The zero-order chi connectivity index (χ0) is 11.8. The lowest BCUT2D eigenvalue weighted by Crippen LogP contribution is -1.86. The fourth-order valence-corrected chi connectivity index (χ4v) is 0.586. The number of aliphatic carboxylic acids is 1. The SMILES string of the molecule is C=CC(=O)O.O=Cc1ccc(F)c(F)c1. The molecule has 0 fully saturated rings. The standard InChI is InChI=1S/C7H4F2O.C3H4O2/c8-6-2-1-5(4-10)3-7(6)9;1-2-3(4)5/h1-4H;2H,1H2,(H,4,5). The van der Waals surface area contributed by atoms with Crippen molar-refractivity contribution in [2.24, 2.45) is 0 Å². The molecule has 0 amide bonds. The van der Waals surface area contributed by atoms with Gasteiger partial charge in [-0.05, 0) is 18.2 Å². The number of carboxylic acids is 1. The lowest BCUT2D eigenvalue weighted by atomic mass is 10.2. The molecule has 80 valence electrons. The minimum Gasteiger partial charge on any atom is -0.478 e. The fourth-order valence-electron chi connectivity index (χ4n) is 0.586. The Kier molecular flexibility index (Phi) is 5.55. The van der Waals surface area contributed by atoms with Crippen LogP contribution in [0.2, 0.25) is 0 Å². The van der Waals surface area contributed by atoms with Crippen LogP contribution in [0.3, 0.4) is 0 Å². The highest BCUT2D eigenvalue weighted by Gasteiger charge is 1.99. The molecular formula is C10H8F2O3. The first kappa shape index (κ1) is 13.0. The van der Waals surface area contributed by atoms with E-state index in [9.17, 15) is 18.4 Å². The van der Waals surface area contributed by atoms with Gasteiger partial charge in [0.15, 0.2) is 11.6 Å². The molecule has 0 saturated heterocycles. The Balaban J connectivity index is 0.000000336. The Morgan fingerprint density at radius 1 is 1.33 bits per heavy atom. The van der Waals surface area contributed by atoms with E-state index in [1.54, 1.807) is 0 Å². The van der Waals surface area contributed by atoms with Gasteiger partial charge in [-0.1, -0.05) is 6.58 Å². The molecule has 0 unspecified atom stereocenters. The van der Waals surface area contributed by atoms with E-state index in [0.29, 0.717) is 6.29 Å². The van der Waals surface area contributed by atoms with Crippen LogP contribution in [0, 0.1) is 11.6 Å². The van der Waals surface area contributed by atoms with Crippen molar-refractivity contribution in [1.29, 1.82) is 0 Å². The molecule has 0 aliphatic heterocycles. The number of hydrogen-bond acceptors (Lipinski definition) is 2. The van der Waals surface area contributed by atoms with Crippen LogP contribution in [-0.2, 0) is 4.79 Å². The van der Waals surface area contributed by atoms with Crippen LogP contribution in [-0.4, -0.2) is 17.4 Å². The molecule has 0 radical (unpaired) electrons. The second-order valence-corrected chi connectivity index (χ2v) is 2.33. The van der Waals surface area contributed by atoms with Crippen LogP contribution in [0.4, 0.5) is 8.78 Å². The van der Waals surface area contributed by atoms with Crippen molar-refractivity contribution in [3.63, 3.8) is 0 Å². The van der Waals surface area contributed by atoms with E-state index in [1.807, 2.05) is 0 Å². The number of aldehydes is 1.